The van der Waals surface area contributed by atoms with E-state index in [1.807, 2.05) is 6.07 Å². The van der Waals surface area contributed by atoms with Gasteiger partial charge in [0.1, 0.15) is 6.29 Å². The predicted molar refractivity (Wildman–Crippen MR) is 62.5 cm³/mol. The summed E-state index contributed by atoms with van der Waals surface area (Å²) in [6.07, 6.45) is 2.40. The molecular weight excluding hydrogens is 224 g/mol. The van der Waals surface area contributed by atoms with Crippen LogP contribution in [0.1, 0.15) is 34.7 Å². The fourth-order valence-electron chi connectivity index (χ4n) is 2.17. The first-order chi connectivity index (χ1) is 7.61. The normalized spacial score (nSPS) is 23.9. The molecule has 0 amide bonds. The quantitative estimate of drug-likeness (QED) is 0.738. The Morgan fingerprint density at radius 3 is 2.81 bits per heavy atom. The molecule has 1 atom stereocenters. The first-order valence-electron chi connectivity index (χ1n) is 5.36. The molecule has 0 bridgehead atoms. The highest BCUT2D eigenvalue weighted by Crippen LogP contribution is 2.28. The summed E-state index contributed by atoms with van der Waals surface area (Å²) in [6.45, 7) is 0. The Bertz CT molecular complexity index is 491. The van der Waals surface area contributed by atoms with Crippen molar-refractivity contribution in [1.29, 1.82) is 0 Å². The van der Waals surface area contributed by atoms with E-state index in [1.54, 1.807) is 18.2 Å². The zero-order valence-corrected chi connectivity index (χ0v) is 9.74. The lowest BCUT2D eigenvalue weighted by Gasteiger charge is -2.22. The summed E-state index contributed by atoms with van der Waals surface area (Å²) >= 11 is 0. The Balaban J connectivity index is 2.26. The van der Waals surface area contributed by atoms with Crippen LogP contribution in [0, 0.1) is 0 Å². The van der Waals surface area contributed by atoms with Crippen LogP contribution in [0.3, 0.4) is 0 Å². The highest BCUT2D eigenvalue weighted by Gasteiger charge is 2.25. The van der Waals surface area contributed by atoms with Crippen LogP contribution in [0.15, 0.2) is 24.3 Å². The SMILES string of the molecule is O=Cc1cccc(C2CCCS(=O)(=O)C2)c1. The van der Waals surface area contributed by atoms with E-state index in [4.69, 9.17) is 0 Å². The lowest BCUT2D eigenvalue weighted by atomic mass is 9.95. The third kappa shape index (κ3) is 2.50. The fraction of sp³-hybridized carbons (Fsp3) is 0.417. The molecule has 1 saturated heterocycles. The van der Waals surface area contributed by atoms with Crippen molar-refractivity contribution in [2.75, 3.05) is 11.5 Å². The van der Waals surface area contributed by atoms with E-state index < -0.39 is 9.84 Å². The summed E-state index contributed by atoms with van der Waals surface area (Å²) in [4.78, 5) is 10.7. The second kappa shape index (κ2) is 4.37. The molecular formula is C12H14O3S. The maximum absolute atomic E-state index is 11.5. The van der Waals surface area contributed by atoms with E-state index in [1.165, 1.54) is 0 Å². The first kappa shape index (κ1) is 11.3. The summed E-state index contributed by atoms with van der Waals surface area (Å²) in [5.41, 5.74) is 1.58. The van der Waals surface area contributed by atoms with Crippen LogP contribution in [-0.2, 0) is 9.84 Å². The summed E-state index contributed by atoms with van der Waals surface area (Å²) in [5.74, 6) is 0.574. The van der Waals surface area contributed by atoms with Gasteiger partial charge in [-0.3, -0.25) is 4.79 Å². The Kier molecular flexibility index (Phi) is 3.10. The van der Waals surface area contributed by atoms with Crippen LogP contribution < -0.4 is 0 Å². The molecule has 1 aromatic carbocycles. The monoisotopic (exact) mass is 238 g/mol. The Labute approximate surface area is 95.4 Å². The molecule has 16 heavy (non-hydrogen) atoms. The van der Waals surface area contributed by atoms with Gasteiger partial charge >= 0.3 is 0 Å². The number of aldehydes is 1. The molecule has 1 aromatic rings. The van der Waals surface area contributed by atoms with Crippen LogP contribution >= 0.6 is 0 Å². The molecule has 2 rings (SSSR count). The molecule has 3 nitrogen and oxygen atoms in total. The summed E-state index contributed by atoms with van der Waals surface area (Å²) in [7, 11) is -2.89. The maximum atomic E-state index is 11.5. The number of hydrogen-bond acceptors (Lipinski definition) is 3. The van der Waals surface area contributed by atoms with E-state index in [0.717, 1.165) is 24.7 Å². The van der Waals surface area contributed by atoms with Crippen LogP contribution in [0.4, 0.5) is 0 Å². The van der Waals surface area contributed by atoms with Gasteiger partial charge in [-0.2, -0.15) is 0 Å². The maximum Gasteiger partial charge on any atom is 0.150 e. The molecule has 0 radical (unpaired) electrons. The summed E-state index contributed by atoms with van der Waals surface area (Å²) < 4.78 is 23.0. The molecule has 1 aliphatic rings. The molecule has 0 N–H and O–H groups in total. The van der Waals surface area contributed by atoms with Gasteiger partial charge in [0.15, 0.2) is 9.84 Å². The van der Waals surface area contributed by atoms with Gasteiger partial charge in [0.2, 0.25) is 0 Å². The molecule has 1 unspecified atom stereocenters. The number of rotatable bonds is 2. The average molecular weight is 238 g/mol. The van der Waals surface area contributed by atoms with Crippen molar-refractivity contribution in [3.63, 3.8) is 0 Å². The van der Waals surface area contributed by atoms with Crippen molar-refractivity contribution in [3.8, 4) is 0 Å². The molecule has 0 aromatic heterocycles. The van der Waals surface area contributed by atoms with Gasteiger partial charge in [0, 0.05) is 5.56 Å². The van der Waals surface area contributed by atoms with Gasteiger partial charge < -0.3 is 0 Å². The molecule has 1 fully saturated rings. The Morgan fingerprint density at radius 1 is 1.31 bits per heavy atom. The molecule has 86 valence electrons. The second-order valence-corrected chi connectivity index (χ2v) is 6.47. The van der Waals surface area contributed by atoms with Crippen molar-refractivity contribution in [2.24, 2.45) is 0 Å². The number of carbonyl (C=O) groups excluding carboxylic acids is 1. The van der Waals surface area contributed by atoms with Crippen LogP contribution in [0.25, 0.3) is 0 Å². The average Bonchev–Trinajstić information content (AvgIpc) is 2.28. The van der Waals surface area contributed by atoms with Gasteiger partial charge in [-0.05, 0) is 30.4 Å². The smallest absolute Gasteiger partial charge is 0.150 e. The fourth-order valence-corrected chi connectivity index (χ4v) is 3.92. The van der Waals surface area contributed by atoms with Gasteiger partial charge in [0.05, 0.1) is 11.5 Å². The highest BCUT2D eigenvalue weighted by molar-refractivity contribution is 7.91. The van der Waals surface area contributed by atoms with Crippen LogP contribution in [-0.4, -0.2) is 26.2 Å². The number of benzene rings is 1. The number of carbonyl (C=O) groups is 1. The van der Waals surface area contributed by atoms with E-state index in [9.17, 15) is 13.2 Å². The largest absolute Gasteiger partial charge is 0.298 e. The Hall–Kier alpha value is -1.16. The van der Waals surface area contributed by atoms with Crippen molar-refractivity contribution < 1.29 is 13.2 Å². The standard InChI is InChI=1S/C12H14O3S/c13-8-10-3-1-4-11(7-10)12-5-2-6-16(14,15)9-12/h1,3-4,7-8,12H,2,5-6,9H2. The minimum atomic E-state index is -2.89. The third-order valence-electron chi connectivity index (χ3n) is 2.98. The zero-order valence-electron chi connectivity index (χ0n) is 8.93. The highest BCUT2D eigenvalue weighted by atomic mass is 32.2. The summed E-state index contributed by atoms with van der Waals surface area (Å²) in [5, 5.41) is 0. The molecule has 4 heteroatoms. The van der Waals surface area contributed by atoms with Crippen LogP contribution in [0.5, 0.6) is 0 Å². The van der Waals surface area contributed by atoms with Gasteiger partial charge in [-0.25, -0.2) is 8.42 Å². The lowest BCUT2D eigenvalue weighted by molar-refractivity contribution is 0.112. The third-order valence-corrected chi connectivity index (χ3v) is 4.80. The minimum Gasteiger partial charge on any atom is -0.298 e. The van der Waals surface area contributed by atoms with Crippen molar-refractivity contribution in [3.05, 3.63) is 35.4 Å². The van der Waals surface area contributed by atoms with E-state index in [0.29, 0.717) is 11.3 Å². The molecule has 0 aliphatic carbocycles. The van der Waals surface area contributed by atoms with Crippen molar-refractivity contribution in [1.82, 2.24) is 0 Å². The number of sulfone groups is 1. The molecule has 1 heterocycles. The minimum absolute atomic E-state index is 0.0543. The van der Waals surface area contributed by atoms with Crippen molar-refractivity contribution in [2.45, 2.75) is 18.8 Å². The zero-order chi connectivity index (χ0) is 11.6. The molecule has 0 spiro atoms. The second-order valence-electron chi connectivity index (χ2n) is 4.24. The van der Waals surface area contributed by atoms with E-state index in [-0.39, 0.29) is 11.7 Å². The summed E-state index contributed by atoms with van der Waals surface area (Å²) in [6, 6.07) is 7.23. The van der Waals surface area contributed by atoms with E-state index >= 15 is 0 Å². The van der Waals surface area contributed by atoms with Gasteiger partial charge in [0.25, 0.3) is 0 Å². The molecule has 0 saturated carbocycles. The van der Waals surface area contributed by atoms with Crippen molar-refractivity contribution >= 4 is 16.1 Å². The van der Waals surface area contributed by atoms with Gasteiger partial charge in [-0.1, -0.05) is 18.2 Å². The predicted octanol–water partition coefficient (Wildman–Crippen LogP) is 1.79. The molecule has 1 aliphatic heterocycles. The lowest BCUT2D eigenvalue weighted by Crippen LogP contribution is -2.23. The van der Waals surface area contributed by atoms with Gasteiger partial charge in [-0.15, -0.1) is 0 Å². The first-order valence-corrected chi connectivity index (χ1v) is 7.18. The Morgan fingerprint density at radius 2 is 2.12 bits per heavy atom. The van der Waals surface area contributed by atoms with E-state index in [2.05, 4.69) is 0 Å². The topological polar surface area (TPSA) is 51.2 Å². The van der Waals surface area contributed by atoms with Crippen LogP contribution in [0.2, 0.25) is 0 Å². The number of hydrogen-bond donors (Lipinski definition) is 0.